The number of rotatable bonds is 3. The van der Waals surface area contributed by atoms with Gasteiger partial charge in [0.05, 0.1) is 6.20 Å². The van der Waals surface area contributed by atoms with Crippen molar-refractivity contribution in [1.29, 1.82) is 0 Å². The van der Waals surface area contributed by atoms with Gasteiger partial charge in [-0.25, -0.2) is 4.79 Å². The molecule has 0 spiro atoms. The second-order valence-electron chi connectivity index (χ2n) is 4.28. The maximum absolute atomic E-state index is 11.3. The average molecular weight is 301 g/mol. The quantitative estimate of drug-likeness (QED) is 0.797. The normalized spacial score (nSPS) is 10.5. The van der Waals surface area contributed by atoms with Crippen LogP contribution in [-0.2, 0) is 0 Å². The fraction of sp³-hybridized carbons (Fsp3) is 0. The van der Waals surface area contributed by atoms with E-state index in [-0.39, 0.29) is 17.2 Å². The minimum Gasteiger partial charge on any atom is -0.478 e. The van der Waals surface area contributed by atoms with E-state index >= 15 is 0 Å². The van der Waals surface area contributed by atoms with E-state index in [0.717, 1.165) is 10.8 Å². The molecule has 21 heavy (non-hydrogen) atoms. The molecule has 0 fully saturated rings. The number of carboxylic acid groups (broad SMARTS) is 1. The number of ether oxygens (including phenoxy) is 1. The highest BCUT2D eigenvalue weighted by Crippen LogP contribution is 2.30. The van der Waals surface area contributed by atoms with Crippen LogP contribution in [0.15, 0.2) is 48.7 Å². The molecule has 0 aliphatic heterocycles. The van der Waals surface area contributed by atoms with Crippen LogP contribution in [0.4, 0.5) is 0 Å². The standard InChI is InChI=1S/C15H9ClN2O3/c16-10-5-6-13(12(7-10)15(19)20)21-14-11-4-2-1-3-9(11)8-17-18-14/h1-8H,(H,19,20). The molecule has 0 radical (unpaired) electrons. The molecule has 0 saturated heterocycles. The van der Waals surface area contributed by atoms with E-state index < -0.39 is 5.97 Å². The van der Waals surface area contributed by atoms with Crippen molar-refractivity contribution in [2.45, 2.75) is 0 Å². The molecule has 0 bridgehead atoms. The van der Waals surface area contributed by atoms with Crippen LogP contribution in [0, 0.1) is 0 Å². The molecule has 2 aromatic carbocycles. The molecular weight excluding hydrogens is 292 g/mol. The number of carbonyl (C=O) groups is 1. The van der Waals surface area contributed by atoms with Gasteiger partial charge in [-0.05, 0) is 24.3 Å². The van der Waals surface area contributed by atoms with E-state index in [0.29, 0.717) is 5.02 Å². The Kier molecular flexibility index (Phi) is 3.41. The summed E-state index contributed by atoms with van der Waals surface area (Å²) in [4.78, 5) is 11.3. The van der Waals surface area contributed by atoms with Gasteiger partial charge < -0.3 is 9.84 Å². The SMILES string of the molecule is O=C(O)c1cc(Cl)ccc1Oc1nncc2ccccc12. The monoisotopic (exact) mass is 300 g/mol. The Hall–Kier alpha value is -2.66. The molecule has 0 unspecified atom stereocenters. The molecule has 5 nitrogen and oxygen atoms in total. The molecule has 3 aromatic rings. The van der Waals surface area contributed by atoms with Crippen LogP contribution in [0.1, 0.15) is 10.4 Å². The lowest BCUT2D eigenvalue weighted by Gasteiger charge is -2.09. The Labute approximate surface area is 124 Å². The first-order valence-electron chi connectivity index (χ1n) is 6.06. The summed E-state index contributed by atoms with van der Waals surface area (Å²) in [7, 11) is 0. The maximum atomic E-state index is 11.3. The van der Waals surface area contributed by atoms with Crippen molar-refractivity contribution >= 4 is 28.3 Å². The van der Waals surface area contributed by atoms with Crippen LogP contribution in [0.25, 0.3) is 10.8 Å². The predicted octanol–water partition coefficient (Wildman–Crippen LogP) is 3.77. The number of hydrogen-bond donors (Lipinski definition) is 1. The third kappa shape index (κ3) is 2.64. The Morgan fingerprint density at radius 2 is 2.00 bits per heavy atom. The number of benzene rings is 2. The third-order valence-corrected chi connectivity index (χ3v) is 3.15. The summed E-state index contributed by atoms with van der Waals surface area (Å²) >= 11 is 5.81. The summed E-state index contributed by atoms with van der Waals surface area (Å²) < 4.78 is 5.63. The summed E-state index contributed by atoms with van der Waals surface area (Å²) in [6.45, 7) is 0. The summed E-state index contributed by atoms with van der Waals surface area (Å²) in [6.07, 6.45) is 1.61. The molecule has 104 valence electrons. The number of aromatic nitrogens is 2. The van der Waals surface area contributed by atoms with Crippen molar-refractivity contribution in [2.24, 2.45) is 0 Å². The molecule has 1 N–H and O–H groups in total. The van der Waals surface area contributed by atoms with E-state index in [2.05, 4.69) is 10.2 Å². The Morgan fingerprint density at radius 1 is 1.19 bits per heavy atom. The van der Waals surface area contributed by atoms with Gasteiger partial charge in [-0.1, -0.05) is 29.8 Å². The number of halogens is 1. The zero-order chi connectivity index (χ0) is 14.8. The van der Waals surface area contributed by atoms with E-state index in [1.165, 1.54) is 12.1 Å². The molecule has 1 heterocycles. The number of carboxylic acids is 1. The van der Waals surface area contributed by atoms with Gasteiger partial charge in [-0.2, -0.15) is 5.10 Å². The van der Waals surface area contributed by atoms with Gasteiger partial charge >= 0.3 is 5.97 Å². The molecule has 0 saturated carbocycles. The molecule has 3 rings (SSSR count). The molecule has 1 aromatic heterocycles. The van der Waals surface area contributed by atoms with Gasteiger partial charge in [0.25, 0.3) is 0 Å². The molecule has 0 aliphatic rings. The lowest BCUT2D eigenvalue weighted by Crippen LogP contribution is -2.01. The van der Waals surface area contributed by atoms with Gasteiger partial charge in [0.1, 0.15) is 11.3 Å². The van der Waals surface area contributed by atoms with Gasteiger partial charge in [-0.15, -0.1) is 5.10 Å². The van der Waals surface area contributed by atoms with E-state index in [1.54, 1.807) is 12.3 Å². The summed E-state index contributed by atoms with van der Waals surface area (Å²) in [5.74, 6) is -0.712. The van der Waals surface area contributed by atoms with Gasteiger partial charge in [0.15, 0.2) is 0 Å². The van der Waals surface area contributed by atoms with Crippen molar-refractivity contribution in [1.82, 2.24) is 10.2 Å². The van der Waals surface area contributed by atoms with Crippen LogP contribution in [0.5, 0.6) is 11.6 Å². The Morgan fingerprint density at radius 3 is 2.81 bits per heavy atom. The summed E-state index contributed by atoms with van der Waals surface area (Å²) in [5.41, 5.74) is -0.0303. The fourth-order valence-electron chi connectivity index (χ4n) is 1.94. The van der Waals surface area contributed by atoms with Crippen LogP contribution in [0.2, 0.25) is 5.02 Å². The smallest absolute Gasteiger partial charge is 0.339 e. The van der Waals surface area contributed by atoms with E-state index in [1.807, 2.05) is 24.3 Å². The number of aromatic carboxylic acids is 1. The lowest BCUT2D eigenvalue weighted by atomic mass is 10.2. The molecule has 0 amide bonds. The van der Waals surface area contributed by atoms with Gasteiger partial charge in [-0.3, -0.25) is 0 Å². The van der Waals surface area contributed by atoms with Gasteiger partial charge in [0, 0.05) is 15.8 Å². The first-order chi connectivity index (χ1) is 10.1. The second-order valence-corrected chi connectivity index (χ2v) is 4.72. The first kappa shape index (κ1) is 13.3. The fourth-order valence-corrected chi connectivity index (χ4v) is 2.11. The van der Waals surface area contributed by atoms with Crippen molar-refractivity contribution in [3.8, 4) is 11.6 Å². The van der Waals surface area contributed by atoms with Crippen LogP contribution in [-0.4, -0.2) is 21.3 Å². The molecule has 0 atom stereocenters. The second kappa shape index (κ2) is 5.38. The van der Waals surface area contributed by atoms with Crippen LogP contribution >= 0.6 is 11.6 Å². The zero-order valence-electron chi connectivity index (χ0n) is 10.7. The minimum absolute atomic E-state index is 0.0303. The van der Waals surface area contributed by atoms with Crippen molar-refractivity contribution in [3.05, 3.63) is 59.2 Å². The van der Waals surface area contributed by atoms with Crippen LogP contribution < -0.4 is 4.74 Å². The van der Waals surface area contributed by atoms with Crippen molar-refractivity contribution in [2.75, 3.05) is 0 Å². The summed E-state index contributed by atoms with van der Waals surface area (Å²) in [5, 5.41) is 18.9. The first-order valence-corrected chi connectivity index (χ1v) is 6.44. The number of nitrogens with zero attached hydrogens (tertiary/aromatic N) is 2. The van der Waals surface area contributed by atoms with Crippen molar-refractivity contribution in [3.63, 3.8) is 0 Å². The van der Waals surface area contributed by atoms with E-state index in [9.17, 15) is 9.90 Å². The van der Waals surface area contributed by atoms with Crippen LogP contribution in [0.3, 0.4) is 0 Å². The average Bonchev–Trinajstić information content (AvgIpc) is 2.49. The Balaban J connectivity index is 2.09. The lowest BCUT2D eigenvalue weighted by molar-refractivity contribution is 0.0694. The van der Waals surface area contributed by atoms with Gasteiger partial charge in [0.2, 0.25) is 5.88 Å². The third-order valence-electron chi connectivity index (χ3n) is 2.92. The topological polar surface area (TPSA) is 72.3 Å². The largest absolute Gasteiger partial charge is 0.478 e. The number of hydrogen-bond acceptors (Lipinski definition) is 4. The highest BCUT2D eigenvalue weighted by atomic mass is 35.5. The molecule has 6 heteroatoms. The minimum atomic E-state index is -1.12. The van der Waals surface area contributed by atoms with Crippen molar-refractivity contribution < 1.29 is 14.6 Å². The maximum Gasteiger partial charge on any atom is 0.339 e. The highest BCUT2D eigenvalue weighted by molar-refractivity contribution is 6.31. The predicted molar refractivity (Wildman–Crippen MR) is 78.0 cm³/mol. The highest BCUT2D eigenvalue weighted by Gasteiger charge is 2.14. The molecular formula is C15H9ClN2O3. The van der Waals surface area contributed by atoms with E-state index in [4.69, 9.17) is 16.3 Å². The summed E-state index contributed by atoms with van der Waals surface area (Å²) in [6, 6.07) is 11.8. The number of fused-ring (bicyclic) bond motifs is 1. The molecule has 0 aliphatic carbocycles. The zero-order valence-corrected chi connectivity index (χ0v) is 11.4. The Bertz CT molecular complexity index is 831.